The molecule has 0 saturated heterocycles. The van der Waals surface area contributed by atoms with Crippen molar-refractivity contribution in [2.24, 2.45) is 0 Å². The third kappa shape index (κ3) is 3.73. The first kappa shape index (κ1) is 14.9. The number of para-hydroxylation sites is 1. The van der Waals surface area contributed by atoms with Crippen molar-refractivity contribution in [3.05, 3.63) is 29.8 Å². The molecule has 1 fully saturated rings. The van der Waals surface area contributed by atoms with E-state index < -0.39 is 5.97 Å². The number of nitrogens with zero attached hydrogens (tertiary/aromatic N) is 1. The van der Waals surface area contributed by atoms with Crippen LogP contribution in [0.2, 0.25) is 0 Å². The van der Waals surface area contributed by atoms with E-state index in [0.717, 1.165) is 6.54 Å². The molecule has 0 radical (unpaired) electrons. The fourth-order valence-electron chi connectivity index (χ4n) is 2.82. The number of carboxylic acids is 1. The van der Waals surface area contributed by atoms with Gasteiger partial charge in [-0.2, -0.15) is 0 Å². The van der Waals surface area contributed by atoms with Crippen LogP contribution in [0.15, 0.2) is 24.3 Å². The van der Waals surface area contributed by atoms with E-state index in [-0.39, 0.29) is 5.56 Å². The van der Waals surface area contributed by atoms with Gasteiger partial charge < -0.3 is 9.84 Å². The molecular weight excluding hydrogens is 254 g/mol. The third-order valence-electron chi connectivity index (χ3n) is 4.00. The number of ether oxygens (including phenoxy) is 1. The van der Waals surface area contributed by atoms with E-state index in [1.165, 1.54) is 32.1 Å². The standard InChI is InChI=1S/C16H23NO3/c1-2-17(13-8-4-3-5-9-13)12-20-15-11-7-6-10-14(15)16(18)19/h6-7,10-11,13H,2-5,8-9,12H2,1H3,(H,18,19). The summed E-state index contributed by atoms with van der Waals surface area (Å²) < 4.78 is 5.75. The Balaban J connectivity index is 1.97. The Hall–Kier alpha value is -1.55. The molecule has 0 amide bonds. The molecule has 0 heterocycles. The van der Waals surface area contributed by atoms with Crippen LogP contribution in [-0.4, -0.2) is 35.3 Å². The monoisotopic (exact) mass is 277 g/mol. The molecule has 4 nitrogen and oxygen atoms in total. The second-order valence-electron chi connectivity index (χ2n) is 5.27. The molecule has 20 heavy (non-hydrogen) atoms. The SMILES string of the molecule is CCN(COc1ccccc1C(=O)O)C1CCCCC1. The maximum Gasteiger partial charge on any atom is 0.339 e. The van der Waals surface area contributed by atoms with Crippen molar-refractivity contribution >= 4 is 5.97 Å². The summed E-state index contributed by atoms with van der Waals surface area (Å²) in [6, 6.07) is 7.39. The summed E-state index contributed by atoms with van der Waals surface area (Å²) in [5.74, 6) is -0.490. The van der Waals surface area contributed by atoms with E-state index in [1.807, 2.05) is 0 Å². The fourth-order valence-corrected chi connectivity index (χ4v) is 2.82. The Morgan fingerprint density at radius 3 is 2.65 bits per heavy atom. The molecule has 1 aliphatic carbocycles. The summed E-state index contributed by atoms with van der Waals surface area (Å²) in [5.41, 5.74) is 0.229. The lowest BCUT2D eigenvalue weighted by molar-refractivity contribution is 0.0633. The van der Waals surface area contributed by atoms with Gasteiger partial charge in [0.25, 0.3) is 0 Å². The van der Waals surface area contributed by atoms with Gasteiger partial charge in [0, 0.05) is 6.04 Å². The van der Waals surface area contributed by atoms with E-state index in [0.29, 0.717) is 18.5 Å². The molecule has 0 aromatic heterocycles. The van der Waals surface area contributed by atoms with Crippen molar-refractivity contribution in [2.75, 3.05) is 13.3 Å². The van der Waals surface area contributed by atoms with Crippen LogP contribution in [0.1, 0.15) is 49.4 Å². The third-order valence-corrected chi connectivity index (χ3v) is 4.00. The van der Waals surface area contributed by atoms with Crippen LogP contribution in [0.4, 0.5) is 0 Å². The molecule has 1 aliphatic rings. The maximum absolute atomic E-state index is 11.1. The normalized spacial score (nSPS) is 16.3. The van der Waals surface area contributed by atoms with Gasteiger partial charge in [-0.15, -0.1) is 0 Å². The molecular formula is C16H23NO3. The Labute approximate surface area is 120 Å². The van der Waals surface area contributed by atoms with Gasteiger partial charge in [-0.05, 0) is 31.5 Å². The van der Waals surface area contributed by atoms with Gasteiger partial charge in [-0.1, -0.05) is 38.3 Å². The van der Waals surface area contributed by atoms with Gasteiger partial charge in [0.1, 0.15) is 18.0 Å². The van der Waals surface area contributed by atoms with E-state index in [2.05, 4.69) is 11.8 Å². The summed E-state index contributed by atoms with van der Waals surface area (Å²) >= 11 is 0. The number of rotatable bonds is 6. The van der Waals surface area contributed by atoms with Gasteiger partial charge in [0.2, 0.25) is 0 Å². The molecule has 0 atom stereocenters. The predicted molar refractivity (Wildman–Crippen MR) is 78.1 cm³/mol. The lowest BCUT2D eigenvalue weighted by Crippen LogP contribution is -2.39. The highest BCUT2D eigenvalue weighted by atomic mass is 16.5. The molecule has 0 unspecified atom stereocenters. The second-order valence-corrected chi connectivity index (χ2v) is 5.27. The van der Waals surface area contributed by atoms with Crippen LogP contribution in [0.3, 0.4) is 0 Å². The number of benzene rings is 1. The van der Waals surface area contributed by atoms with Crippen molar-refractivity contribution in [1.29, 1.82) is 0 Å². The quantitative estimate of drug-likeness (QED) is 0.810. The minimum absolute atomic E-state index is 0.229. The number of carbonyl (C=O) groups is 1. The van der Waals surface area contributed by atoms with Crippen molar-refractivity contribution in [1.82, 2.24) is 4.90 Å². The Morgan fingerprint density at radius 2 is 2.00 bits per heavy atom. The fraction of sp³-hybridized carbons (Fsp3) is 0.562. The van der Waals surface area contributed by atoms with E-state index in [1.54, 1.807) is 24.3 Å². The van der Waals surface area contributed by atoms with Crippen LogP contribution < -0.4 is 4.74 Å². The molecule has 1 N–H and O–H groups in total. The zero-order valence-electron chi connectivity index (χ0n) is 12.0. The largest absolute Gasteiger partial charge is 0.478 e. The summed E-state index contributed by atoms with van der Waals surface area (Å²) in [6.07, 6.45) is 6.34. The molecule has 1 aromatic rings. The molecule has 0 spiro atoms. The van der Waals surface area contributed by atoms with Crippen LogP contribution in [0, 0.1) is 0 Å². The van der Waals surface area contributed by atoms with Gasteiger partial charge in [0.15, 0.2) is 0 Å². The zero-order chi connectivity index (χ0) is 14.4. The maximum atomic E-state index is 11.1. The molecule has 1 saturated carbocycles. The van der Waals surface area contributed by atoms with Crippen LogP contribution >= 0.6 is 0 Å². The Morgan fingerprint density at radius 1 is 1.30 bits per heavy atom. The first-order valence-electron chi connectivity index (χ1n) is 7.41. The molecule has 2 rings (SSSR count). The van der Waals surface area contributed by atoms with Gasteiger partial charge >= 0.3 is 5.97 Å². The highest BCUT2D eigenvalue weighted by molar-refractivity contribution is 5.90. The second kappa shape index (κ2) is 7.29. The highest BCUT2D eigenvalue weighted by Crippen LogP contribution is 2.23. The summed E-state index contributed by atoms with van der Waals surface area (Å²) in [6.45, 7) is 3.52. The lowest BCUT2D eigenvalue weighted by atomic mass is 9.94. The minimum Gasteiger partial charge on any atom is -0.478 e. The van der Waals surface area contributed by atoms with E-state index in [4.69, 9.17) is 9.84 Å². The Bertz CT molecular complexity index is 441. The van der Waals surface area contributed by atoms with Gasteiger partial charge in [-0.3, -0.25) is 4.90 Å². The first-order chi connectivity index (χ1) is 9.72. The number of hydrogen-bond acceptors (Lipinski definition) is 3. The van der Waals surface area contributed by atoms with E-state index in [9.17, 15) is 4.79 Å². The van der Waals surface area contributed by atoms with Gasteiger partial charge in [-0.25, -0.2) is 4.79 Å². The predicted octanol–water partition coefficient (Wildman–Crippen LogP) is 3.38. The zero-order valence-corrected chi connectivity index (χ0v) is 12.0. The van der Waals surface area contributed by atoms with Crippen LogP contribution in [-0.2, 0) is 0 Å². The number of aromatic carboxylic acids is 1. The average Bonchev–Trinajstić information content (AvgIpc) is 2.49. The molecule has 110 valence electrons. The summed E-state index contributed by atoms with van der Waals surface area (Å²) in [4.78, 5) is 13.4. The molecule has 0 bridgehead atoms. The molecule has 0 aliphatic heterocycles. The molecule has 4 heteroatoms. The minimum atomic E-state index is -0.943. The molecule has 1 aromatic carbocycles. The van der Waals surface area contributed by atoms with Crippen molar-refractivity contribution in [2.45, 2.75) is 45.1 Å². The topological polar surface area (TPSA) is 49.8 Å². The van der Waals surface area contributed by atoms with E-state index >= 15 is 0 Å². The van der Waals surface area contributed by atoms with Crippen molar-refractivity contribution in [3.63, 3.8) is 0 Å². The summed E-state index contributed by atoms with van der Waals surface area (Å²) in [5, 5.41) is 9.14. The average molecular weight is 277 g/mol. The number of carboxylic acid groups (broad SMARTS) is 1. The van der Waals surface area contributed by atoms with Crippen molar-refractivity contribution in [3.8, 4) is 5.75 Å². The van der Waals surface area contributed by atoms with Crippen LogP contribution in [0.5, 0.6) is 5.75 Å². The Kier molecular flexibility index (Phi) is 5.41. The smallest absolute Gasteiger partial charge is 0.339 e. The van der Waals surface area contributed by atoms with Gasteiger partial charge in [0.05, 0.1) is 0 Å². The van der Waals surface area contributed by atoms with Crippen LogP contribution in [0.25, 0.3) is 0 Å². The summed E-state index contributed by atoms with van der Waals surface area (Å²) in [7, 11) is 0. The first-order valence-corrected chi connectivity index (χ1v) is 7.41. The lowest BCUT2D eigenvalue weighted by Gasteiger charge is -2.33. The number of hydrogen-bond donors (Lipinski definition) is 1. The highest BCUT2D eigenvalue weighted by Gasteiger charge is 2.20. The van der Waals surface area contributed by atoms with Crippen molar-refractivity contribution < 1.29 is 14.6 Å².